The molecule has 0 heterocycles. The van der Waals surface area contributed by atoms with Crippen molar-refractivity contribution in [1.82, 2.24) is 0 Å². The van der Waals surface area contributed by atoms with Crippen LogP contribution >= 0.6 is 23.2 Å². The predicted octanol–water partition coefficient (Wildman–Crippen LogP) is 3.44. The van der Waals surface area contributed by atoms with E-state index in [0.717, 1.165) is 19.3 Å². The monoisotopic (exact) mass is 259 g/mol. The quantitative estimate of drug-likeness (QED) is 0.800. The smallest absolute Gasteiger partial charge is 0.227 e. The van der Waals surface area contributed by atoms with Gasteiger partial charge in [-0.2, -0.15) is 0 Å². The highest BCUT2D eigenvalue weighted by atomic mass is 35.5. The lowest BCUT2D eigenvalue weighted by atomic mass is 9.85. The SMILES string of the molecule is O=C(Nc1cc(Cl)c(O)c(Cl)c1)C1CCC1. The zero-order valence-corrected chi connectivity index (χ0v) is 9.98. The number of hydrogen-bond acceptors (Lipinski definition) is 2. The van der Waals surface area contributed by atoms with Gasteiger partial charge in [-0.1, -0.05) is 29.6 Å². The summed E-state index contributed by atoms with van der Waals surface area (Å²) in [6.45, 7) is 0. The van der Waals surface area contributed by atoms with Crippen molar-refractivity contribution in [2.24, 2.45) is 5.92 Å². The lowest BCUT2D eigenvalue weighted by molar-refractivity contribution is -0.122. The summed E-state index contributed by atoms with van der Waals surface area (Å²) in [6.07, 6.45) is 2.98. The summed E-state index contributed by atoms with van der Waals surface area (Å²) in [5.41, 5.74) is 0.518. The molecule has 2 rings (SSSR count). The van der Waals surface area contributed by atoms with Crippen LogP contribution in [-0.2, 0) is 4.79 Å². The molecule has 0 spiro atoms. The van der Waals surface area contributed by atoms with E-state index < -0.39 is 0 Å². The number of carbonyl (C=O) groups excluding carboxylic acids is 1. The molecule has 5 heteroatoms. The zero-order chi connectivity index (χ0) is 11.7. The Hall–Kier alpha value is -0.930. The van der Waals surface area contributed by atoms with Gasteiger partial charge >= 0.3 is 0 Å². The first-order valence-corrected chi connectivity index (χ1v) is 5.82. The number of aromatic hydroxyl groups is 1. The fourth-order valence-electron chi connectivity index (χ4n) is 1.55. The molecule has 0 unspecified atom stereocenters. The number of anilines is 1. The molecule has 1 aromatic rings. The van der Waals surface area contributed by atoms with Gasteiger partial charge in [0.2, 0.25) is 5.91 Å². The van der Waals surface area contributed by atoms with Crippen LogP contribution in [0.25, 0.3) is 0 Å². The highest BCUT2D eigenvalue weighted by Gasteiger charge is 2.25. The van der Waals surface area contributed by atoms with E-state index in [0.29, 0.717) is 5.69 Å². The Kier molecular flexibility index (Phi) is 3.26. The molecule has 1 saturated carbocycles. The van der Waals surface area contributed by atoms with Gasteiger partial charge in [0.05, 0.1) is 10.0 Å². The van der Waals surface area contributed by atoms with Crippen LogP contribution in [0.3, 0.4) is 0 Å². The van der Waals surface area contributed by atoms with Gasteiger partial charge in [-0.25, -0.2) is 0 Å². The normalized spacial score (nSPS) is 15.6. The number of amides is 1. The van der Waals surface area contributed by atoms with E-state index in [9.17, 15) is 9.90 Å². The summed E-state index contributed by atoms with van der Waals surface area (Å²) in [4.78, 5) is 11.6. The average molecular weight is 260 g/mol. The van der Waals surface area contributed by atoms with Crippen LogP contribution in [0.4, 0.5) is 5.69 Å². The highest BCUT2D eigenvalue weighted by Crippen LogP contribution is 2.35. The van der Waals surface area contributed by atoms with E-state index >= 15 is 0 Å². The third-order valence-corrected chi connectivity index (χ3v) is 3.34. The van der Waals surface area contributed by atoms with E-state index in [4.69, 9.17) is 23.2 Å². The Bertz CT molecular complexity index is 407. The van der Waals surface area contributed by atoms with Gasteiger partial charge in [0.1, 0.15) is 0 Å². The fourth-order valence-corrected chi connectivity index (χ4v) is 2.04. The Morgan fingerprint density at radius 2 is 1.88 bits per heavy atom. The summed E-state index contributed by atoms with van der Waals surface area (Å²) < 4.78 is 0. The van der Waals surface area contributed by atoms with Gasteiger partial charge < -0.3 is 10.4 Å². The van der Waals surface area contributed by atoms with Crippen LogP contribution in [0, 0.1) is 5.92 Å². The molecule has 1 aromatic carbocycles. The summed E-state index contributed by atoms with van der Waals surface area (Å²) in [5, 5.41) is 12.4. The first-order chi connectivity index (χ1) is 7.58. The molecule has 2 N–H and O–H groups in total. The summed E-state index contributed by atoms with van der Waals surface area (Å²) in [6, 6.07) is 2.97. The molecule has 0 saturated heterocycles. The number of halogens is 2. The topological polar surface area (TPSA) is 49.3 Å². The third kappa shape index (κ3) is 2.25. The Morgan fingerprint density at radius 3 is 2.31 bits per heavy atom. The minimum Gasteiger partial charge on any atom is -0.505 e. The van der Waals surface area contributed by atoms with Gasteiger partial charge in [0.25, 0.3) is 0 Å². The number of phenols is 1. The molecule has 86 valence electrons. The minimum absolute atomic E-state index is 0.0101. The van der Waals surface area contributed by atoms with E-state index in [-0.39, 0.29) is 27.6 Å². The van der Waals surface area contributed by atoms with Crippen molar-refractivity contribution in [1.29, 1.82) is 0 Å². The molecule has 1 aliphatic rings. The number of hydrogen-bond donors (Lipinski definition) is 2. The maximum Gasteiger partial charge on any atom is 0.227 e. The van der Waals surface area contributed by atoms with Crippen molar-refractivity contribution < 1.29 is 9.90 Å². The van der Waals surface area contributed by atoms with Crippen LogP contribution < -0.4 is 5.32 Å². The summed E-state index contributed by atoms with van der Waals surface area (Å²) >= 11 is 11.5. The molecule has 0 bridgehead atoms. The maximum atomic E-state index is 11.6. The van der Waals surface area contributed by atoms with Crippen LogP contribution in [0.5, 0.6) is 5.75 Å². The molecule has 1 fully saturated rings. The molecule has 0 aliphatic heterocycles. The van der Waals surface area contributed by atoms with E-state index in [2.05, 4.69) is 5.32 Å². The lowest BCUT2D eigenvalue weighted by Crippen LogP contribution is -2.27. The van der Waals surface area contributed by atoms with Crippen LogP contribution in [0.15, 0.2) is 12.1 Å². The molecule has 16 heavy (non-hydrogen) atoms. The van der Waals surface area contributed by atoms with Gasteiger partial charge in [0, 0.05) is 11.6 Å². The van der Waals surface area contributed by atoms with E-state index in [1.165, 1.54) is 12.1 Å². The van der Waals surface area contributed by atoms with E-state index in [1.807, 2.05) is 0 Å². The van der Waals surface area contributed by atoms with Crippen molar-refractivity contribution in [3.63, 3.8) is 0 Å². The van der Waals surface area contributed by atoms with Gasteiger partial charge in [-0.15, -0.1) is 0 Å². The fraction of sp³-hybridized carbons (Fsp3) is 0.364. The van der Waals surface area contributed by atoms with Gasteiger partial charge in [0.15, 0.2) is 5.75 Å². The average Bonchev–Trinajstić information content (AvgIpc) is 2.10. The Morgan fingerprint density at radius 1 is 1.31 bits per heavy atom. The molecule has 1 amide bonds. The highest BCUT2D eigenvalue weighted by molar-refractivity contribution is 6.37. The van der Waals surface area contributed by atoms with Crippen molar-refractivity contribution >= 4 is 34.8 Å². The molecular formula is C11H11Cl2NO2. The predicted molar refractivity (Wildman–Crippen MR) is 64.1 cm³/mol. The number of phenolic OH excluding ortho intramolecular Hbond substituents is 1. The minimum atomic E-state index is -0.162. The second-order valence-corrected chi connectivity index (χ2v) is 4.72. The maximum absolute atomic E-state index is 11.6. The molecular weight excluding hydrogens is 249 g/mol. The van der Waals surface area contributed by atoms with Gasteiger partial charge in [-0.3, -0.25) is 4.79 Å². The summed E-state index contributed by atoms with van der Waals surface area (Å²) in [7, 11) is 0. The molecule has 0 atom stereocenters. The van der Waals surface area contributed by atoms with Crippen LogP contribution in [-0.4, -0.2) is 11.0 Å². The Balaban J connectivity index is 2.12. The molecule has 0 radical (unpaired) electrons. The van der Waals surface area contributed by atoms with Crippen molar-refractivity contribution in [3.8, 4) is 5.75 Å². The van der Waals surface area contributed by atoms with Gasteiger partial charge in [-0.05, 0) is 25.0 Å². The lowest BCUT2D eigenvalue weighted by Gasteiger charge is -2.24. The van der Waals surface area contributed by atoms with Crippen molar-refractivity contribution in [2.75, 3.05) is 5.32 Å². The third-order valence-electron chi connectivity index (χ3n) is 2.76. The Labute approximate surface area is 103 Å². The van der Waals surface area contributed by atoms with E-state index in [1.54, 1.807) is 0 Å². The standard InChI is InChI=1S/C11H11Cl2NO2/c12-8-4-7(5-9(13)10(8)15)14-11(16)6-2-1-3-6/h4-6,15H,1-3H2,(H,14,16). The van der Waals surface area contributed by atoms with Crippen molar-refractivity contribution in [2.45, 2.75) is 19.3 Å². The largest absolute Gasteiger partial charge is 0.505 e. The van der Waals surface area contributed by atoms with Crippen molar-refractivity contribution in [3.05, 3.63) is 22.2 Å². The first kappa shape index (κ1) is 11.6. The molecule has 0 aromatic heterocycles. The second kappa shape index (κ2) is 4.52. The number of nitrogens with one attached hydrogen (secondary N) is 1. The first-order valence-electron chi connectivity index (χ1n) is 5.07. The molecule has 1 aliphatic carbocycles. The summed E-state index contributed by atoms with van der Waals surface area (Å²) in [5.74, 6) is -0.0691. The number of rotatable bonds is 2. The van der Waals surface area contributed by atoms with Crippen LogP contribution in [0.1, 0.15) is 19.3 Å². The zero-order valence-electron chi connectivity index (χ0n) is 8.46. The van der Waals surface area contributed by atoms with Crippen LogP contribution in [0.2, 0.25) is 10.0 Å². The number of carbonyl (C=O) groups is 1. The number of benzene rings is 1. The second-order valence-electron chi connectivity index (χ2n) is 3.91. The molecule has 3 nitrogen and oxygen atoms in total.